The summed E-state index contributed by atoms with van der Waals surface area (Å²) in [5.41, 5.74) is 0. The van der Waals surface area contributed by atoms with E-state index in [-0.39, 0.29) is 12.1 Å². The summed E-state index contributed by atoms with van der Waals surface area (Å²) in [6.07, 6.45) is 0.208. The molecule has 0 saturated heterocycles. The van der Waals surface area contributed by atoms with Gasteiger partial charge < -0.3 is 4.74 Å². The van der Waals surface area contributed by atoms with Gasteiger partial charge in [-0.15, -0.1) is 0 Å². The number of hydrogen-bond acceptors (Lipinski definition) is 3. The first-order valence-corrected chi connectivity index (χ1v) is 5.24. The van der Waals surface area contributed by atoms with Crippen molar-refractivity contribution < 1.29 is 4.74 Å². The van der Waals surface area contributed by atoms with Crippen LogP contribution in [0.3, 0.4) is 0 Å². The summed E-state index contributed by atoms with van der Waals surface area (Å²) in [5.74, 6) is 0.494. The molecule has 0 fully saturated rings. The van der Waals surface area contributed by atoms with Gasteiger partial charge in [0.1, 0.15) is 6.04 Å². The van der Waals surface area contributed by atoms with E-state index in [1.165, 1.54) is 0 Å². The van der Waals surface area contributed by atoms with Gasteiger partial charge in [0.15, 0.2) is 0 Å². The molecule has 14 heavy (non-hydrogen) atoms. The minimum absolute atomic E-state index is 0.198. The van der Waals surface area contributed by atoms with Crippen LogP contribution in [0.2, 0.25) is 0 Å². The molecular weight excluding hydrogens is 176 g/mol. The minimum Gasteiger partial charge on any atom is -0.376 e. The molecule has 0 aromatic rings. The molecule has 2 unspecified atom stereocenters. The van der Waals surface area contributed by atoms with Crippen LogP contribution in [0.5, 0.6) is 0 Å². The van der Waals surface area contributed by atoms with Gasteiger partial charge in [0.25, 0.3) is 0 Å². The molecule has 0 heterocycles. The molecule has 0 aliphatic heterocycles. The third-order valence-corrected chi connectivity index (χ3v) is 2.15. The second kappa shape index (κ2) is 6.80. The Morgan fingerprint density at radius 3 is 2.14 bits per heavy atom. The highest BCUT2D eigenvalue weighted by Crippen LogP contribution is 2.05. The molecule has 0 aromatic heterocycles. The van der Waals surface area contributed by atoms with Crippen LogP contribution in [0.25, 0.3) is 0 Å². The van der Waals surface area contributed by atoms with Crippen LogP contribution < -0.4 is 5.32 Å². The minimum atomic E-state index is -0.198. The van der Waals surface area contributed by atoms with Crippen LogP contribution in [-0.2, 0) is 4.74 Å². The normalized spacial score (nSPS) is 15.6. The number of ether oxygens (including phenoxy) is 1. The van der Waals surface area contributed by atoms with Crippen LogP contribution in [0.4, 0.5) is 0 Å². The van der Waals surface area contributed by atoms with E-state index in [1.807, 2.05) is 20.8 Å². The van der Waals surface area contributed by atoms with Gasteiger partial charge >= 0.3 is 0 Å². The quantitative estimate of drug-likeness (QED) is 0.709. The standard InChI is InChI=1S/C11H22N2O/c1-8(2)10(5)14-7-11(6-12)13-9(3)4/h8-11,13H,7H2,1-5H3. The van der Waals surface area contributed by atoms with Crippen LogP contribution in [-0.4, -0.2) is 24.8 Å². The molecule has 82 valence electrons. The largest absolute Gasteiger partial charge is 0.376 e. The van der Waals surface area contributed by atoms with Crippen molar-refractivity contribution in [3.8, 4) is 6.07 Å². The Hall–Kier alpha value is -0.590. The van der Waals surface area contributed by atoms with Crippen LogP contribution in [0, 0.1) is 17.2 Å². The zero-order valence-electron chi connectivity index (χ0n) is 9.87. The second-order valence-corrected chi connectivity index (χ2v) is 4.29. The molecule has 0 saturated carbocycles. The molecule has 0 radical (unpaired) electrons. The van der Waals surface area contributed by atoms with E-state index < -0.39 is 0 Å². The first-order chi connectivity index (χ1) is 6.47. The third-order valence-electron chi connectivity index (χ3n) is 2.15. The Bertz CT molecular complexity index is 184. The summed E-state index contributed by atoms with van der Waals surface area (Å²) in [6.45, 7) is 10.8. The molecule has 0 aliphatic rings. The average molecular weight is 198 g/mol. The average Bonchev–Trinajstić information content (AvgIpc) is 2.10. The predicted octanol–water partition coefficient (Wildman–Crippen LogP) is 1.94. The number of hydrogen-bond donors (Lipinski definition) is 1. The molecule has 1 N–H and O–H groups in total. The van der Waals surface area contributed by atoms with Crippen molar-refractivity contribution in [2.24, 2.45) is 5.92 Å². The van der Waals surface area contributed by atoms with E-state index >= 15 is 0 Å². The van der Waals surface area contributed by atoms with Crippen molar-refractivity contribution in [3.63, 3.8) is 0 Å². The first kappa shape index (κ1) is 13.4. The molecule has 3 nitrogen and oxygen atoms in total. The van der Waals surface area contributed by atoms with Crippen molar-refractivity contribution >= 4 is 0 Å². The molecule has 0 aliphatic carbocycles. The number of rotatable bonds is 6. The predicted molar refractivity (Wildman–Crippen MR) is 57.9 cm³/mol. The lowest BCUT2D eigenvalue weighted by atomic mass is 10.1. The van der Waals surface area contributed by atoms with Crippen molar-refractivity contribution in [2.75, 3.05) is 6.61 Å². The number of nitriles is 1. The molecule has 0 spiro atoms. The molecule has 2 atom stereocenters. The maximum Gasteiger partial charge on any atom is 0.119 e. The van der Waals surface area contributed by atoms with Crippen molar-refractivity contribution in [1.29, 1.82) is 5.26 Å². The summed E-state index contributed by atoms with van der Waals surface area (Å²) in [7, 11) is 0. The first-order valence-electron chi connectivity index (χ1n) is 5.24. The molecular formula is C11H22N2O. The van der Waals surface area contributed by atoms with Gasteiger partial charge in [-0.2, -0.15) is 5.26 Å². The lowest BCUT2D eigenvalue weighted by Crippen LogP contribution is -2.38. The molecule has 3 heteroatoms. The second-order valence-electron chi connectivity index (χ2n) is 4.29. The van der Waals surface area contributed by atoms with Crippen molar-refractivity contribution in [2.45, 2.75) is 52.8 Å². The molecule has 0 rings (SSSR count). The maximum atomic E-state index is 8.83. The van der Waals surface area contributed by atoms with E-state index in [4.69, 9.17) is 10.00 Å². The van der Waals surface area contributed by atoms with E-state index in [2.05, 4.69) is 25.2 Å². The highest BCUT2D eigenvalue weighted by Gasteiger charge is 2.12. The highest BCUT2D eigenvalue weighted by molar-refractivity contribution is 4.90. The van der Waals surface area contributed by atoms with E-state index in [0.29, 0.717) is 18.6 Å². The Morgan fingerprint density at radius 1 is 1.21 bits per heavy atom. The topological polar surface area (TPSA) is 45.0 Å². The van der Waals surface area contributed by atoms with Gasteiger partial charge in [-0.25, -0.2) is 0 Å². The Labute approximate surface area is 87.4 Å². The lowest BCUT2D eigenvalue weighted by Gasteiger charge is -2.20. The summed E-state index contributed by atoms with van der Waals surface area (Å²) < 4.78 is 5.57. The number of nitrogens with one attached hydrogen (secondary N) is 1. The molecule has 0 bridgehead atoms. The Morgan fingerprint density at radius 2 is 1.79 bits per heavy atom. The Kier molecular flexibility index (Phi) is 6.52. The fourth-order valence-electron chi connectivity index (χ4n) is 0.965. The van der Waals surface area contributed by atoms with Crippen LogP contribution in [0.15, 0.2) is 0 Å². The van der Waals surface area contributed by atoms with Crippen LogP contribution in [0.1, 0.15) is 34.6 Å². The summed E-state index contributed by atoms with van der Waals surface area (Å²) in [5, 5.41) is 12.0. The Balaban J connectivity index is 3.79. The highest BCUT2D eigenvalue weighted by atomic mass is 16.5. The fourth-order valence-corrected chi connectivity index (χ4v) is 0.965. The van der Waals surface area contributed by atoms with Crippen LogP contribution >= 0.6 is 0 Å². The zero-order valence-corrected chi connectivity index (χ0v) is 9.87. The monoisotopic (exact) mass is 198 g/mol. The SMILES string of the molecule is CC(C)NC(C#N)COC(C)C(C)C. The fraction of sp³-hybridized carbons (Fsp3) is 0.909. The number of nitrogens with zero attached hydrogens (tertiary/aromatic N) is 1. The third kappa shape index (κ3) is 5.95. The van der Waals surface area contributed by atoms with Crippen molar-refractivity contribution in [1.82, 2.24) is 5.32 Å². The maximum absolute atomic E-state index is 8.83. The lowest BCUT2D eigenvalue weighted by molar-refractivity contribution is 0.0283. The summed E-state index contributed by atoms with van der Waals surface area (Å²) in [4.78, 5) is 0. The zero-order chi connectivity index (χ0) is 11.1. The van der Waals surface area contributed by atoms with Gasteiger partial charge in [0.2, 0.25) is 0 Å². The van der Waals surface area contributed by atoms with Gasteiger partial charge in [0, 0.05) is 6.04 Å². The van der Waals surface area contributed by atoms with Gasteiger partial charge in [0.05, 0.1) is 18.8 Å². The molecule has 0 aromatic carbocycles. The van der Waals surface area contributed by atoms with Gasteiger partial charge in [-0.3, -0.25) is 5.32 Å². The molecule has 0 amide bonds. The smallest absolute Gasteiger partial charge is 0.119 e. The summed E-state index contributed by atoms with van der Waals surface area (Å²) >= 11 is 0. The van der Waals surface area contributed by atoms with E-state index in [0.717, 1.165) is 0 Å². The van der Waals surface area contributed by atoms with E-state index in [9.17, 15) is 0 Å². The van der Waals surface area contributed by atoms with Crippen molar-refractivity contribution in [3.05, 3.63) is 0 Å². The van der Waals surface area contributed by atoms with Gasteiger partial charge in [-0.1, -0.05) is 13.8 Å². The van der Waals surface area contributed by atoms with E-state index in [1.54, 1.807) is 0 Å². The van der Waals surface area contributed by atoms with Gasteiger partial charge in [-0.05, 0) is 26.7 Å². The summed E-state index contributed by atoms with van der Waals surface area (Å²) in [6, 6.07) is 2.31.